The van der Waals surface area contributed by atoms with Gasteiger partial charge in [-0.05, 0) is 12.8 Å². The van der Waals surface area contributed by atoms with Gasteiger partial charge in [-0.3, -0.25) is 14.5 Å². The standard InChI is InChI=1S/C17H28N4O3/c1-3-13-11-20(12-15(13)19-7-9-24-10-8-19)17(23)14-5-6-16(22)21(4-2)18-14/h13,15H,3-12H2,1-2H3/t13-,15+/m1/s1. The molecule has 3 heterocycles. The van der Waals surface area contributed by atoms with Gasteiger partial charge in [-0.2, -0.15) is 5.10 Å². The highest BCUT2D eigenvalue weighted by Crippen LogP contribution is 2.26. The number of amides is 2. The van der Waals surface area contributed by atoms with Gasteiger partial charge in [-0.1, -0.05) is 13.3 Å². The molecule has 2 saturated heterocycles. The van der Waals surface area contributed by atoms with Gasteiger partial charge in [0.25, 0.3) is 5.91 Å². The van der Waals surface area contributed by atoms with Crippen LogP contribution in [0.5, 0.6) is 0 Å². The summed E-state index contributed by atoms with van der Waals surface area (Å²) in [5.74, 6) is 0.517. The van der Waals surface area contributed by atoms with E-state index in [0.717, 1.165) is 45.8 Å². The second kappa shape index (κ2) is 7.61. The third-order valence-electron chi connectivity index (χ3n) is 5.38. The van der Waals surface area contributed by atoms with Crippen LogP contribution in [0.1, 0.15) is 33.1 Å². The van der Waals surface area contributed by atoms with E-state index in [2.05, 4.69) is 16.9 Å². The molecule has 0 aliphatic carbocycles. The molecule has 0 unspecified atom stereocenters. The summed E-state index contributed by atoms with van der Waals surface area (Å²) in [5.41, 5.74) is 0.536. The summed E-state index contributed by atoms with van der Waals surface area (Å²) in [6.45, 7) is 9.59. The van der Waals surface area contributed by atoms with E-state index in [1.54, 1.807) is 0 Å². The number of rotatable bonds is 4. The molecule has 0 aromatic heterocycles. The maximum Gasteiger partial charge on any atom is 0.270 e. The predicted molar refractivity (Wildman–Crippen MR) is 90.6 cm³/mol. The van der Waals surface area contributed by atoms with Gasteiger partial charge in [0.05, 0.1) is 13.2 Å². The van der Waals surface area contributed by atoms with E-state index in [1.807, 2.05) is 11.8 Å². The first-order valence-electron chi connectivity index (χ1n) is 9.13. The Hall–Kier alpha value is -1.47. The van der Waals surface area contributed by atoms with Crippen LogP contribution in [0.25, 0.3) is 0 Å². The van der Waals surface area contributed by atoms with Crippen molar-refractivity contribution in [2.75, 3.05) is 45.9 Å². The summed E-state index contributed by atoms with van der Waals surface area (Å²) in [7, 11) is 0. The quantitative estimate of drug-likeness (QED) is 0.752. The molecule has 0 saturated carbocycles. The minimum atomic E-state index is 0.00750. The molecule has 3 rings (SSSR count). The van der Waals surface area contributed by atoms with Gasteiger partial charge in [0.2, 0.25) is 5.91 Å². The number of hydrogen-bond acceptors (Lipinski definition) is 5. The van der Waals surface area contributed by atoms with Crippen molar-refractivity contribution in [3.63, 3.8) is 0 Å². The Bertz CT molecular complexity index is 516. The number of morpholine rings is 1. The van der Waals surface area contributed by atoms with E-state index in [-0.39, 0.29) is 11.8 Å². The lowest BCUT2D eigenvalue weighted by Gasteiger charge is -2.34. The van der Waals surface area contributed by atoms with E-state index in [0.29, 0.717) is 37.1 Å². The molecular formula is C17H28N4O3. The Kier molecular flexibility index (Phi) is 5.50. The minimum absolute atomic E-state index is 0.00750. The van der Waals surface area contributed by atoms with Crippen molar-refractivity contribution in [3.05, 3.63) is 0 Å². The van der Waals surface area contributed by atoms with Crippen molar-refractivity contribution in [1.29, 1.82) is 0 Å². The fourth-order valence-corrected chi connectivity index (χ4v) is 3.93. The molecule has 24 heavy (non-hydrogen) atoms. The Morgan fingerprint density at radius 3 is 2.62 bits per heavy atom. The molecular weight excluding hydrogens is 308 g/mol. The molecule has 2 atom stereocenters. The molecule has 0 radical (unpaired) electrons. The van der Waals surface area contributed by atoms with E-state index < -0.39 is 0 Å². The van der Waals surface area contributed by atoms with Crippen LogP contribution in [-0.4, -0.2) is 84.3 Å². The molecule has 7 nitrogen and oxygen atoms in total. The van der Waals surface area contributed by atoms with Crippen molar-refractivity contribution < 1.29 is 14.3 Å². The summed E-state index contributed by atoms with van der Waals surface area (Å²) in [6.07, 6.45) is 1.91. The third-order valence-corrected chi connectivity index (χ3v) is 5.38. The maximum absolute atomic E-state index is 12.9. The topological polar surface area (TPSA) is 65.5 Å². The summed E-state index contributed by atoms with van der Waals surface area (Å²) in [5, 5.41) is 5.71. The fraction of sp³-hybridized carbons (Fsp3) is 0.824. The van der Waals surface area contributed by atoms with Gasteiger partial charge < -0.3 is 9.64 Å². The Balaban J connectivity index is 1.68. The first-order chi connectivity index (χ1) is 11.6. The minimum Gasteiger partial charge on any atom is -0.379 e. The molecule has 0 aromatic carbocycles. The number of hydrogen-bond donors (Lipinski definition) is 0. The molecule has 0 aromatic rings. The van der Waals surface area contributed by atoms with Crippen LogP contribution in [0, 0.1) is 5.92 Å². The van der Waals surface area contributed by atoms with Gasteiger partial charge in [0, 0.05) is 51.6 Å². The lowest BCUT2D eigenvalue weighted by Crippen LogP contribution is -2.47. The number of carbonyl (C=O) groups is 2. The Morgan fingerprint density at radius 2 is 1.96 bits per heavy atom. The van der Waals surface area contributed by atoms with E-state index >= 15 is 0 Å². The monoisotopic (exact) mass is 336 g/mol. The summed E-state index contributed by atoms with van der Waals surface area (Å²) >= 11 is 0. The maximum atomic E-state index is 12.9. The van der Waals surface area contributed by atoms with Gasteiger partial charge in [0.1, 0.15) is 5.71 Å². The molecule has 2 amide bonds. The van der Waals surface area contributed by atoms with Crippen molar-refractivity contribution in [2.45, 2.75) is 39.2 Å². The molecule has 134 valence electrons. The highest BCUT2D eigenvalue weighted by molar-refractivity contribution is 6.39. The van der Waals surface area contributed by atoms with Crippen LogP contribution in [0.3, 0.4) is 0 Å². The van der Waals surface area contributed by atoms with Crippen LogP contribution in [0.4, 0.5) is 0 Å². The van der Waals surface area contributed by atoms with Crippen LogP contribution in [0.2, 0.25) is 0 Å². The van der Waals surface area contributed by atoms with Gasteiger partial charge in [0.15, 0.2) is 0 Å². The second-order valence-corrected chi connectivity index (χ2v) is 6.75. The lowest BCUT2D eigenvalue weighted by molar-refractivity contribution is -0.131. The zero-order chi connectivity index (χ0) is 17.1. The van der Waals surface area contributed by atoms with Crippen molar-refractivity contribution in [1.82, 2.24) is 14.8 Å². The first kappa shape index (κ1) is 17.4. The normalized spacial score (nSPS) is 29.1. The number of nitrogens with zero attached hydrogens (tertiary/aromatic N) is 4. The van der Waals surface area contributed by atoms with Crippen LogP contribution < -0.4 is 0 Å². The molecule has 2 fully saturated rings. The molecule has 0 bridgehead atoms. The number of ether oxygens (including phenoxy) is 1. The summed E-state index contributed by atoms with van der Waals surface area (Å²) in [4.78, 5) is 29.0. The number of carbonyl (C=O) groups excluding carboxylic acids is 2. The zero-order valence-corrected chi connectivity index (χ0v) is 14.7. The lowest BCUT2D eigenvalue weighted by atomic mass is 9.99. The molecule has 0 N–H and O–H groups in total. The molecule has 3 aliphatic heterocycles. The highest BCUT2D eigenvalue weighted by Gasteiger charge is 2.39. The molecule has 7 heteroatoms. The van der Waals surface area contributed by atoms with Gasteiger partial charge in [-0.15, -0.1) is 0 Å². The van der Waals surface area contributed by atoms with E-state index in [4.69, 9.17) is 4.74 Å². The SMILES string of the molecule is CC[C@@H]1CN(C(=O)C2=NN(CC)C(=O)CC2)C[C@@H]1N1CCOCC1. The summed E-state index contributed by atoms with van der Waals surface area (Å²) in [6, 6.07) is 0.413. The summed E-state index contributed by atoms with van der Waals surface area (Å²) < 4.78 is 5.45. The average molecular weight is 336 g/mol. The Labute approximate surface area is 143 Å². The van der Waals surface area contributed by atoms with Crippen LogP contribution in [-0.2, 0) is 14.3 Å². The first-order valence-corrected chi connectivity index (χ1v) is 9.13. The Morgan fingerprint density at radius 1 is 1.21 bits per heavy atom. The zero-order valence-electron chi connectivity index (χ0n) is 14.7. The predicted octanol–water partition coefficient (Wildman–Crippen LogP) is 0.554. The van der Waals surface area contributed by atoms with Crippen LogP contribution >= 0.6 is 0 Å². The van der Waals surface area contributed by atoms with Gasteiger partial charge in [-0.25, -0.2) is 5.01 Å². The van der Waals surface area contributed by atoms with Crippen molar-refractivity contribution in [2.24, 2.45) is 11.0 Å². The second-order valence-electron chi connectivity index (χ2n) is 6.75. The van der Waals surface area contributed by atoms with Gasteiger partial charge >= 0.3 is 0 Å². The highest BCUT2D eigenvalue weighted by atomic mass is 16.5. The smallest absolute Gasteiger partial charge is 0.270 e. The van der Waals surface area contributed by atoms with Crippen LogP contribution in [0.15, 0.2) is 5.10 Å². The van der Waals surface area contributed by atoms with Crippen molar-refractivity contribution in [3.8, 4) is 0 Å². The third kappa shape index (κ3) is 3.47. The largest absolute Gasteiger partial charge is 0.379 e. The molecule has 0 spiro atoms. The van der Waals surface area contributed by atoms with Crippen molar-refractivity contribution >= 4 is 17.5 Å². The van der Waals surface area contributed by atoms with E-state index in [1.165, 1.54) is 5.01 Å². The average Bonchev–Trinajstić information content (AvgIpc) is 3.06. The number of likely N-dealkylation sites (tertiary alicyclic amines) is 1. The van der Waals surface area contributed by atoms with E-state index in [9.17, 15) is 9.59 Å². The molecule has 3 aliphatic rings. The number of hydrazone groups is 1. The fourth-order valence-electron chi connectivity index (χ4n) is 3.93.